The summed E-state index contributed by atoms with van der Waals surface area (Å²) in [6, 6.07) is 8.11. The van der Waals surface area contributed by atoms with E-state index in [-0.39, 0.29) is 9.92 Å². The third-order valence-electron chi connectivity index (χ3n) is 1.64. The van der Waals surface area contributed by atoms with E-state index in [9.17, 15) is 8.42 Å². The molecule has 0 spiro atoms. The maximum atomic E-state index is 11.7. The fourth-order valence-corrected chi connectivity index (χ4v) is 1.97. The van der Waals surface area contributed by atoms with Gasteiger partial charge in [-0.25, -0.2) is 8.42 Å². The van der Waals surface area contributed by atoms with E-state index < -0.39 is 9.84 Å². The lowest BCUT2D eigenvalue weighted by molar-refractivity contribution is 0.600. The van der Waals surface area contributed by atoms with E-state index >= 15 is 0 Å². The highest BCUT2D eigenvalue weighted by Gasteiger charge is 2.16. The molecule has 0 bridgehead atoms. The topological polar surface area (TPSA) is 46.2 Å². The number of benzene rings is 1. The smallest absolute Gasteiger partial charge is 0.221 e. The SMILES string of the molecule is C=CNC(=C)S(=O)(=O)c1ccccc1. The molecule has 1 rings (SSSR count). The highest BCUT2D eigenvalue weighted by Crippen LogP contribution is 2.14. The van der Waals surface area contributed by atoms with E-state index in [1.54, 1.807) is 18.2 Å². The molecule has 0 unspecified atom stereocenters. The van der Waals surface area contributed by atoms with E-state index in [0.29, 0.717) is 0 Å². The Bertz CT molecular complexity index is 434. The molecular weight excluding hydrogens is 198 g/mol. The normalized spacial score (nSPS) is 10.6. The van der Waals surface area contributed by atoms with Gasteiger partial charge in [-0.2, -0.15) is 0 Å². The maximum absolute atomic E-state index is 11.7. The van der Waals surface area contributed by atoms with Crippen LogP contribution in [-0.2, 0) is 9.84 Å². The highest BCUT2D eigenvalue weighted by molar-refractivity contribution is 7.95. The van der Waals surface area contributed by atoms with Crippen LogP contribution in [0.3, 0.4) is 0 Å². The molecule has 3 nitrogen and oxygen atoms in total. The molecule has 1 N–H and O–H groups in total. The van der Waals surface area contributed by atoms with Gasteiger partial charge in [0.2, 0.25) is 9.84 Å². The first-order valence-corrected chi connectivity index (χ1v) is 5.44. The van der Waals surface area contributed by atoms with Crippen LogP contribution < -0.4 is 5.32 Å². The van der Waals surface area contributed by atoms with Crippen LogP contribution in [0.2, 0.25) is 0 Å². The van der Waals surface area contributed by atoms with E-state index in [0.717, 1.165) is 0 Å². The fourth-order valence-electron chi connectivity index (χ4n) is 0.933. The molecule has 0 fully saturated rings. The van der Waals surface area contributed by atoms with Crippen LogP contribution in [0.4, 0.5) is 0 Å². The molecule has 0 aliphatic carbocycles. The second-order valence-electron chi connectivity index (χ2n) is 2.59. The molecular formula is C10H11NO2S. The summed E-state index contributed by atoms with van der Waals surface area (Å²) in [7, 11) is -3.48. The van der Waals surface area contributed by atoms with Crippen molar-refractivity contribution in [1.82, 2.24) is 5.32 Å². The summed E-state index contributed by atoms with van der Waals surface area (Å²) < 4.78 is 23.4. The lowest BCUT2D eigenvalue weighted by atomic mass is 10.4. The van der Waals surface area contributed by atoms with Crippen molar-refractivity contribution >= 4 is 9.84 Å². The van der Waals surface area contributed by atoms with Gasteiger partial charge in [-0.15, -0.1) is 0 Å². The number of sulfone groups is 1. The van der Waals surface area contributed by atoms with Gasteiger partial charge in [-0.3, -0.25) is 0 Å². The summed E-state index contributed by atoms with van der Waals surface area (Å²) >= 11 is 0. The van der Waals surface area contributed by atoms with Crippen molar-refractivity contribution in [2.75, 3.05) is 0 Å². The van der Waals surface area contributed by atoms with Crippen molar-refractivity contribution in [3.63, 3.8) is 0 Å². The number of hydrogen-bond acceptors (Lipinski definition) is 3. The first-order chi connectivity index (χ1) is 6.59. The third kappa shape index (κ3) is 2.03. The number of nitrogens with one attached hydrogen (secondary N) is 1. The zero-order valence-corrected chi connectivity index (χ0v) is 8.42. The molecule has 0 atom stereocenters. The van der Waals surface area contributed by atoms with Gasteiger partial charge in [0.05, 0.1) is 4.90 Å². The molecule has 0 aromatic heterocycles. The zero-order chi connectivity index (χ0) is 10.6. The van der Waals surface area contributed by atoms with Gasteiger partial charge in [-0.05, 0) is 18.3 Å². The van der Waals surface area contributed by atoms with Gasteiger partial charge < -0.3 is 5.32 Å². The van der Waals surface area contributed by atoms with Gasteiger partial charge in [0.1, 0.15) is 5.03 Å². The Morgan fingerprint density at radius 3 is 2.36 bits per heavy atom. The molecule has 0 radical (unpaired) electrons. The van der Waals surface area contributed by atoms with Crippen molar-refractivity contribution in [2.45, 2.75) is 4.90 Å². The predicted octanol–water partition coefficient (Wildman–Crippen LogP) is 1.66. The minimum Gasteiger partial charge on any atom is -0.353 e. The molecule has 0 saturated carbocycles. The van der Waals surface area contributed by atoms with Crippen molar-refractivity contribution in [2.24, 2.45) is 0 Å². The number of rotatable bonds is 4. The van der Waals surface area contributed by atoms with Gasteiger partial charge in [0.25, 0.3) is 0 Å². The lowest BCUT2D eigenvalue weighted by Gasteiger charge is -2.06. The van der Waals surface area contributed by atoms with Crippen LogP contribution in [-0.4, -0.2) is 8.42 Å². The quantitative estimate of drug-likeness (QED) is 0.820. The molecule has 0 aliphatic heterocycles. The van der Waals surface area contributed by atoms with Crippen LogP contribution in [0.5, 0.6) is 0 Å². The fraction of sp³-hybridized carbons (Fsp3) is 0. The van der Waals surface area contributed by atoms with E-state index in [1.165, 1.54) is 18.3 Å². The molecule has 0 heterocycles. The average Bonchev–Trinajstić information content (AvgIpc) is 2.19. The molecule has 0 saturated heterocycles. The summed E-state index contributed by atoms with van der Waals surface area (Å²) in [6.07, 6.45) is 1.28. The summed E-state index contributed by atoms with van der Waals surface area (Å²) in [6.45, 7) is 6.79. The highest BCUT2D eigenvalue weighted by atomic mass is 32.2. The van der Waals surface area contributed by atoms with Crippen LogP contribution in [0.25, 0.3) is 0 Å². The van der Waals surface area contributed by atoms with Crippen molar-refractivity contribution in [3.8, 4) is 0 Å². The Kier molecular flexibility index (Phi) is 3.09. The van der Waals surface area contributed by atoms with Crippen LogP contribution in [0, 0.1) is 0 Å². The van der Waals surface area contributed by atoms with Crippen molar-refractivity contribution in [1.29, 1.82) is 0 Å². The third-order valence-corrected chi connectivity index (χ3v) is 3.30. The van der Waals surface area contributed by atoms with Crippen LogP contribution in [0.1, 0.15) is 0 Å². The van der Waals surface area contributed by atoms with E-state index in [1.807, 2.05) is 0 Å². The Hall–Kier alpha value is -1.55. The Morgan fingerprint density at radius 1 is 1.29 bits per heavy atom. The maximum Gasteiger partial charge on any atom is 0.221 e. The van der Waals surface area contributed by atoms with Crippen molar-refractivity contribution in [3.05, 3.63) is 54.7 Å². The lowest BCUT2D eigenvalue weighted by Crippen LogP contribution is -2.14. The Labute approximate surface area is 83.7 Å². The molecule has 74 valence electrons. The minimum atomic E-state index is -3.48. The summed E-state index contributed by atoms with van der Waals surface area (Å²) in [5.74, 6) is 0. The zero-order valence-electron chi connectivity index (χ0n) is 7.60. The molecule has 4 heteroatoms. The molecule has 1 aromatic carbocycles. The van der Waals surface area contributed by atoms with Crippen molar-refractivity contribution < 1.29 is 8.42 Å². The summed E-state index contributed by atoms with van der Waals surface area (Å²) in [4.78, 5) is 0.222. The van der Waals surface area contributed by atoms with E-state index in [4.69, 9.17) is 0 Å². The van der Waals surface area contributed by atoms with Gasteiger partial charge in [0, 0.05) is 0 Å². The van der Waals surface area contributed by atoms with Crippen LogP contribution in [0.15, 0.2) is 59.6 Å². The first kappa shape index (κ1) is 10.5. The van der Waals surface area contributed by atoms with Crippen LogP contribution >= 0.6 is 0 Å². The van der Waals surface area contributed by atoms with Gasteiger partial charge in [0.15, 0.2) is 0 Å². The molecule has 0 amide bonds. The summed E-state index contributed by atoms with van der Waals surface area (Å²) in [5.41, 5.74) is 0. The minimum absolute atomic E-state index is 0.0706. The van der Waals surface area contributed by atoms with Gasteiger partial charge >= 0.3 is 0 Å². The standard InChI is InChI=1S/C10H11NO2S/c1-3-11-9(2)14(12,13)10-7-5-4-6-8-10/h3-8,11H,1-2H2. The van der Waals surface area contributed by atoms with E-state index in [2.05, 4.69) is 18.5 Å². The molecule has 1 aromatic rings. The largest absolute Gasteiger partial charge is 0.353 e. The second kappa shape index (κ2) is 4.11. The Balaban J connectivity index is 3.09. The predicted molar refractivity (Wildman–Crippen MR) is 56.1 cm³/mol. The molecule has 14 heavy (non-hydrogen) atoms. The monoisotopic (exact) mass is 209 g/mol. The second-order valence-corrected chi connectivity index (χ2v) is 4.56. The first-order valence-electron chi connectivity index (χ1n) is 3.95. The Morgan fingerprint density at radius 2 is 1.86 bits per heavy atom. The summed E-state index contributed by atoms with van der Waals surface area (Å²) in [5, 5.41) is 2.40. The number of hydrogen-bond donors (Lipinski definition) is 1. The molecule has 0 aliphatic rings. The average molecular weight is 209 g/mol. The van der Waals surface area contributed by atoms with Gasteiger partial charge in [-0.1, -0.05) is 31.4 Å².